The SMILES string of the molecule is Cc1ccc2c(c1)sc1nnc(SCC(=O)N3c4ccccc4C(C)CC3(C)C)n12. The van der Waals surface area contributed by atoms with Crippen molar-refractivity contribution in [1.29, 1.82) is 0 Å². The van der Waals surface area contributed by atoms with Gasteiger partial charge in [-0.1, -0.05) is 54.3 Å². The van der Waals surface area contributed by atoms with E-state index in [4.69, 9.17) is 0 Å². The number of benzene rings is 2. The molecule has 1 unspecified atom stereocenters. The summed E-state index contributed by atoms with van der Waals surface area (Å²) in [7, 11) is 0. The van der Waals surface area contributed by atoms with Gasteiger partial charge in [0.15, 0.2) is 5.16 Å². The number of anilines is 1. The number of aromatic nitrogens is 3. The first-order chi connectivity index (χ1) is 14.3. The molecule has 0 radical (unpaired) electrons. The van der Waals surface area contributed by atoms with Gasteiger partial charge in [-0.05, 0) is 62.4 Å². The van der Waals surface area contributed by atoms with E-state index in [9.17, 15) is 4.79 Å². The predicted octanol–water partition coefficient (Wildman–Crippen LogP) is 5.66. The van der Waals surface area contributed by atoms with E-state index in [1.165, 1.54) is 27.6 Å². The summed E-state index contributed by atoms with van der Waals surface area (Å²) in [5.41, 5.74) is 4.38. The first-order valence-electron chi connectivity index (χ1n) is 10.1. The van der Waals surface area contributed by atoms with E-state index in [2.05, 4.69) is 78.7 Å². The lowest BCUT2D eigenvalue weighted by Crippen LogP contribution is -2.52. The van der Waals surface area contributed by atoms with E-state index in [0.29, 0.717) is 11.7 Å². The van der Waals surface area contributed by atoms with Crippen molar-refractivity contribution in [3.05, 3.63) is 53.6 Å². The Bertz CT molecular complexity index is 1270. The van der Waals surface area contributed by atoms with E-state index >= 15 is 0 Å². The molecule has 4 aromatic rings. The third-order valence-electron chi connectivity index (χ3n) is 5.85. The molecule has 1 aliphatic heterocycles. The molecule has 3 heterocycles. The first-order valence-corrected chi connectivity index (χ1v) is 11.9. The number of aryl methyl sites for hydroxylation is 1. The standard InChI is InChI=1S/C23H24N4OS2/c1-14-9-10-18-19(11-14)30-22-25-24-21(26(18)22)29-13-20(28)27-17-8-6-5-7-16(17)15(2)12-23(27,3)4/h5-11,15H,12-13H2,1-4H3. The maximum absolute atomic E-state index is 13.4. The minimum Gasteiger partial charge on any atom is -0.306 e. The number of thiazole rings is 1. The summed E-state index contributed by atoms with van der Waals surface area (Å²) in [4.78, 5) is 16.3. The predicted molar refractivity (Wildman–Crippen MR) is 125 cm³/mol. The third-order valence-corrected chi connectivity index (χ3v) is 7.76. The molecule has 1 atom stereocenters. The maximum atomic E-state index is 13.4. The number of amides is 1. The van der Waals surface area contributed by atoms with Crippen molar-refractivity contribution in [3.63, 3.8) is 0 Å². The monoisotopic (exact) mass is 436 g/mol. The van der Waals surface area contributed by atoms with Gasteiger partial charge in [0.05, 0.1) is 16.0 Å². The highest BCUT2D eigenvalue weighted by Gasteiger charge is 2.39. The highest BCUT2D eigenvalue weighted by Crippen LogP contribution is 2.43. The minimum absolute atomic E-state index is 0.108. The molecular formula is C23H24N4OS2. The van der Waals surface area contributed by atoms with Crippen molar-refractivity contribution in [1.82, 2.24) is 14.6 Å². The van der Waals surface area contributed by atoms with E-state index in [1.54, 1.807) is 11.3 Å². The van der Waals surface area contributed by atoms with Crippen LogP contribution < -0.4 is 4.90 Å². The van der Waals surface area contributed by atoms with E-state index in [1.807, 2.05) is 11.0 Å². The molecule has 7 heteroatoms. The Labute approximate surface area is 184 Å². The second-order valence-electron chi connectivity index (χ2n) is 8.67. The summed E-state index contributed by atoms with van der Waals surface area (Å²) in [5, 5.41) is 9.46. The largest absolute Gasteiger partial charge is 0.306 e. The smallest absolute Gasteiger partial charge is 0.237 e. The summed E-state index contributed by atoms with van der Waals surface area (Å²) in [5.74, 6) is 0.872. The third kappa shape index (κ3) is 3.11. The molecule has 5 rings (SSSR count). The first kappa shape index (κ1) is 19.6. The molecule has 2 aromatic heterocycles. The summed E-state index contributed by atoms with van der Waals surface area (Å²) >= 11 is 3.09. The van der Waals surface area contributed by atoms with Crippen molar-refractivity contribution < 1.29 is 4.79 Å². The van der Waals surface area contributed by atoms with E-state index in [0.717, 1.165) is 27.7 Å². The molecule has 2 aromatic carbocycles. The molecule has 0 aliphatic carbocycles. The Morgan fingerprint density at radius 2 is 2.03 bits per heavy atom. The number of rotatable bonds is 3. The zero-order valence-electron chi connectivity index (χ0n) is 17.5. The number of nitrogens with zero attached hydrogens (tertiary/aromatic N) is 4. The zero-order chi connectivity index (χ0) is 21.0. The lowest BCUT2D eigenvalue weighted by atomic mass is 9.80. The van der Waals surface area contributed by atoms with Crippen LogP contribution in [-0.4, -0.2) is 31.8 Å². The highest BCUT2D eigenvalue weighted by molar-refractivity contribution is 7.99. The summed E-state index contributed by atoms with van der Waals surface area (Å²) < 4.78 is 3.25. The summed E-state index contributed by atoms with van der Waals surface area (Å²) in [6.45, 7) is 8.65. The number of para-hydroxylation sites is 1. The fourth-order valence-electron chi connectivity index (χ4n) is 4.66. The molecule has 0 bridgehead atoms. The van der Waals surface area contributed by atoms with Crippen molar-refractivity contribution in [2.24, 2.45) is 0 Å². The van der Waals surface area contributed by atoms with Crippen LogP contribution in [0.2, 0.25) is 0 Å². The number of hydrogen-bond acceptors (Lipinski definition) is 5. The zero-order valence-corrected chi connectivity index (χ0v) is 19.2. The number of hydrogen-bond donors (Lipinski definition) is 0. The molecule has 0 fully saturated rings. The van der Waals surface area contributed by atoms with Gasteiger partial charge in [0.25, 0.3) is 0 Å². The van der Waals surface area contributed by atoms with Gasteiger partial charge in [0.1, 0.15) is 0 Å². The lowest BCUT2D eigenvalue weighted by Gasteiger charge is -2.46. The van der Waals surface area contributed by atoms with Gasteiger partial charge in [0.2, 0.25) is 10.9 Å². The van der Waals surface area contributed by atoms with E-state index in [-0.39, 0.29) is 11.4 Å². The topological polar surface area (TPSA) is 50.5 Å². The molecule has 1 aliphatic rings. The van der Waals surface area contributed by atoms with Gasteiger partial charge in [-0.25, -0.2) is 0 Å². The Kier molecular flexibility index (Phi) is 4.63. The molecule has 0 spiro atoms. The van der Waals surface area contributed by atoms with Gasteiger partial charge in [-0.15, -0.1) is 10.2 Å². The summed E-state index contributed by atoms with van der Waals surface area (Å²) in [6.07, 6.45) is 0.949. The van der Waals surface area contributed by atoms with Gasteiger partial charge in [0, 0.05) is 11.2 Å². The van der Waals surface area contributed by atoms with Gasteiger partial charge < -0.3 is 4.90 Å². The van der Waals surface area contributed by atoms with Crippen LogP contribution in [0.25, 0.3) is 15.2 Å². The van der Waals surface area contributed by atoms with Crippen LogP contribution in [0.5, 0.6) is 0 Å². The second kappa shape index (κ2) is 7.10. The van der Waals surface area contributed by atoms with Crippen molar-refractivity contribution >= 4 is 49.9 Å². The van der Waals surface area contributed by atoms with Crippen molar-refractivity contribution in [2.45, 2.75) is 50.7 Å². The quantitative estimate of drug-likeness (QED) is 0.389. The number of fused-ring (bicyclic) bond motifs is 4. The molecular weight excluding hydrogens is 412 g/mol. The number of carbonyl (C=O) groups excluding carboxylic acids is 1. The molecule has 0 N–H and O–H groups in total. The van der Waals surface area contributed by atoms with Crippen LogP contribution in [0, 0.1) is 6.92 Å². The van der Waals surface area contributed by atoms with Gasteiger partial charge in [-0.2, -0.15) is 0 Å². The fourth-order valence-corrected chi connectivity index (χ4v) is 6.57. The Morgan fingerprint density at radius 3 is 2.87 bits per heavy atom. The average molecular weight is 437 g/mol. The normalized spacial score (nSPS) is 18.1. The molecule has 5 nitrogen and oxygen atoms in total. The molecule has 30 heavy (non-hydrogen) atoms. The Hall–Kier alpha value is -2.38. The van der Waals surface area contributed by atoms with Crippen LogP contribution in [0.3, 0.4) is 0 Å². The van der Waals surface area contributed by atoms with Crippen LogP contribution in [0.15, 0.2) is 47.6 Å². The van der Waals surface area contributed by atoms with Gasteiger partial charge >= 0.3 is 0 Å². The molecule has 154 valence electrons. The van der Waals surface area contributed by atoms with Crippen LogP contribution in [0.4, 0.5) is 5.69 Å². The minimum atomic E-state index is -0.224. The van der Waals surface area contributed by atoms with Crippen molar-refractivity contribution in [3.8, 4) is 0 Å². The van der Waals surface area contributed by atoms with Crippen LogP contribution in [-0.2, 0) is 4.79 Å². The van der Waals surface area contributed by atoms with Crippen LogP contribution in [0.1, 0.15) is 44.2 Å². The average Bonchev–Trinajstić information content (AvgIpc) is 3.24. The number of thioether (sulfide) groups is 1. The van der Waals surface area contributed by atoms with Crippen molar-refractivity contribution in [2.75, 3.05) is 10.7 Å². The van der Waals surface area contributed by atoms with Crippen LogP contribution >= 0.6 is 23.1 Å². The van der Waals surface area contributed by atoms with E-state index < -0.39 is 0 Å². The maximum Gasteiger partial charge on any atom is 0.237 e. The molecule has 0 saturated heterocycles. The molecule has 1 amide bonds. The van der Waals surface area contributed by atoms with Gasteiger partial charge in [-0.3, -0.25) is 9.20 Å². The second-order valence-corrected chi connectivity index (χ2v) is 10.6. The molecule has 0 saturated carbocycles. The lowest BCUT2D eigenvalue weighted by molar-refractivity contribution is -0.117. The Balaban J connectivity index is 1.45. The summed E-state index contributed by atoms with van der Waals surface area (Å²) in [6, 6.07) is 14.7. The Morgan fingerprint density at radius 1 is 1.23 bits per heavy atom. The fraction of sp³-hybridized carbons (Fsp3) is 0.348. The number of carbonyl (C=O) groups is 1. The highest BCUT2D eigenvalue weighted by atomic mass is 32.2.